The summed E-state index contributed by atoms with van der Waals surface area (Å²) in [6.45, 7) is 4.67. The third-order valence-electron chi connectivity index (χ3n) is 11.3. The molecule has 4 aromatic rings. The fourth-order valence-corrected chi connectivity index (χ4v) is 9.03. The van der Waals surface area contributed by atoms with Crippen molar-refractivity contribution in [2.45, 2.75) is 70.3 Å². The van der Waals surface area contributed by atoms with E-state index in [9.17, 15) is 9.59 Å². The van der Waals surface area contributed by atoms with E-state index in [1.54, 1.807) is 17.0 Å². The number of aliphatic imine (C=N–C) groups is 1. The maximum atomic E-state index is 13.0. The first kappa shape index (κ1) is 44.4. The third kappa shape index (κ3) is 11.4. The molecule has 0 radical (unpaired) electrons. The summed E-state index contributed by atoms with van der Waals surface area (Å²) in [4.78, 5) is 36.6. The van der Waals surface area contributed by atoms with E-state index in [-0.39, 0.29) is 30.2 Å². The van der Waals surface area contributed by atoms with Gasteiger partial charge in [-0.3, -0.25) is 19.0 Å². The normalized spacial score (nSPS) is 17.0. The molecule has 318 valence electrons. The fourth-order valence-electron chi connectivity index (χ4n) is 8.24. The highest BCUT2D eigenvalue weighted by molar-refractivity contribution is 6.44. The summed E-state index contributed by atoms with van der Waals surface area (Å²) >= 11 is 25.0. The highest BCUT2D eigenvalue weighted by Crippen LogP contribution is 2.36. The molecule has 17 heteroatoms. The summed E-state index contributed by atoms with van der Waals surface area (Å²) in [6.07, 6.45) is 11.0. The minimum Gasteiger partial charge on any atom is -0.370 e. The minimum atomic E-state index is -0.653. The average Bonchev–Trinajstić information content (AvgIpc) is 3.54. The van der Waals surface area contributed by atoms with Crippen LogP contribution in [0.25, 0.3) is 22.5 Å². The lowest BCUT2D eigenvalue weighted by atomic mass is 9.83. The van der Waals surface area contributed by atoms with Crippen molar-refractivity contribution in [2.24, 2.45) is 36.5 Å². The summed E-state index contributed by atoms with van der Waals surface area (Å²) in [7, 11) is 3.88. The van der Waals surface area contributed by atoms with E-state index in [1.165, 1.54) is 25.7 Å². The second-order valence-corrected chi connectivity index (χ2v) is 17.0. The maximum Gasteiger partial charge on any atom is 0.245 e. The number of aromatic nitrogens is 4. The second kappa shape index (κ2) is 20.9. The van der Waals surface area contributed by atoms with Crippen molar-refractivity contribution in [3.05, 3.63) is 68.6 Å². The molecule has 1 atom stereocenters. The van der Waals surface area contributed by atoms with E-state index in [1.807, 2.05) is 53.8 Å². The summed E-state index contributed by atoms with van der Waals surface area (Å²) in [6, 6.07) is 14.6. The molecule has 0 bridgehead atoms. The molecular weight excluding hydrogens is 832 g/mol. The molecule has 4 heterocycles. The Morgan fingerprint density at radius 3 is 1.76 bits per heavy atom. The van der Waals surface area contributed by atoms with Gasteiger partial charge in [0.25, 0.3) is 0 Å². The Bertz CT molecular complexity index is 2090. The van der Waals surface area contributed by atoms with Crippen LogP contribution in [0.15, 0.2) is 53.5 Å². The smallest absolute Gasteiger partial charge is 0.245 e. The van der Waals surface area contributed by atoms with E-state index in [2.05, 4.69) is 36.4 Å². The molecule has 1 aliphatic carbocycles. The van der Waals surface area contributed by atoms with Crippen molar-refractivity contribution in [2.75, 3.05) is 55.6 Å². The predicted molar refractivity (Wildman–Crippen MR) is 241 cm³/mol. The number of nitrogens with two attached hydrogens (primary N) is 2. The van der Waals surface area contributed by atoms with Crippen LogP contribution in [0.3, 0.4) is 0 Å². The first-order valence-corrected chi connectivity index (χ1v) is 22.0. The molecule has 0 unspecified atom stereocenters. The van der Waals surface area contributed by atoms with Crippen molar-refractivity contribution >= 4 is 75.8 Å². The minimum absolute atomic E-state index is 0.0782. The van der Waals surface area contributed by atoms with Crippen molar-refractivity contribution < 1.29 is 9.59 Å². The topological polar surface area (TPSA) is 156 Å². The zero-order valence-electron chi connectivity index (χ0n) is 33.9. The highest BCUT2D eigenvalue weighted by atomic mass is 35.5. The summed E-state index contributed by atoms with van der Waals surface area (Å²) in [5.74, 6) is 1.67. The Hall–Kier alpha value is -4.17. The van der Waals surface area contributed by atoms with Crippen LogP contribution in [-0.2, 0) is 23.7 Å². The Kier molecular flexibility index (Phi) is 15.7. The van der Waals surface area contributed by atoms with Crippen LogP contribution in [0.4, 0.5) is 11.6 Å². The fraction of sp³-hybridized carbons (Fsp3) is 0.500. The van der Waals surface area contributed by atoms with Gasteiger partial charge in [-0.2, -0.15) is 10.2 Å². The predicted octanol–water partition coefficient (Wildman–Crippen LogP) is 7.55. The first-order chi connectivity index (χ1) is 28.4. The monoisotopic (exact) mass is 885 g/mol. The number of hydrogen-bond donors (Lipinski definition) is 3. The van der Waals surface area contributed by atoms with Crippen molar-refractivity contribution in [1.82, 2.24) is 29.8 Å². The molecule has 0 spiro atoms. The molecule has 59 heavy (non-hydrogen) atoms. The lowest BCUT2D eigenvalue weighted by Gasteiger charge is -2.27. The number of nitrogens with zero attached hydrogens (tertiary/aromatic N) is 8. The van der Waals surface area contributed by atoms with Gasteiger partial charge in [0.15, 0.2) is 5.96 Å². The number of halogens is 4. The largest absolute Gasteiger partial charge is 0.370 e. The average molecular weight is 888 g/mol. The van der Waals surface area contributed by atoms with Crippen LogP contribution >= 0.6 is 46.4 Å². The van der Waals surface area contributed by atoms with Gasteiger partial charge >= 0.3 is 0 Å². The Labute approximate surface area is 367 Å². The molecule has 3 aliphatic rings. The van der Waals surface area contributed by atoms with Crippen LogP contribution < -0.4 is 26.6 Å². The van der Waals surface area contributed by atoms with E-state index in [0.717, 1.165) is 92.3 Å². The van der Waals surface area contributed by atoms with Crippen LogP contribution in [0.5, 0.6) is 0 Å². The summed E-state index contributed by atoms with van der Waals surface area (Å²) < 4.78 is 3.76. The summed E-state index contributed by atoms with van der Waals surface area (Å²) in [5.41, 5.74) is 14.5. The standard InChI is InChI=1S/C26H36Cl2N8O2.C16H19Cl2N3/c1-34-21(15-20(33-34)18-9-5-10-19(27)23(18)28)35-11-6-12-36(14-13-35)22(37)16-31-25(38)24(32-26(29)30)17-7-3-2-4-8-17;1-20-15(21-9-4-2-3-5-10-21)11-14(19-20)12-7-6-8-13(17)16(12)18/h5,9-10,15,17,24H,2-4,6-8,11-14,16H2,1H3,(H,31,38)(H4,29,30,32);6-8,11H,2-5,9-10H2,1H3/t24-;/m1./s1. The van der Waals surface area contributed by atoms with Crippen molar-refractivity contribution in [1.29, 1.82) is 0 Å². The van der Waals surface area contributed by atoms with Crippen LogP contribution in [0.1, 0.15) is 64.2 Å². The Morgan fingerprint density at radius 1 is 0.712 bits per heavy atom. The van der Waals surface area contributed by atoms with E-state index < -0.39 is 6.04 Å². The zero-order valence-corrected chi connectivity index (χ0v) is 36.9. The molecule has 2 aromatic carbocycles. The molecule has 5 N–H and O–H groups in total. The number of nitrogens with one attached hydrogen (secondary N) is 1. The van der Waals surface area contributed by atoms with E-state index >= 15 is 0 Å². The molecule has 2 saturated heterocycles. The molecule has 2 aromatic heterocycles. The number of anilines is 2. The molecule has 7 rings (SSSR count). The molecule has 2 aliphatic heterocycles. The number of carbonyl (C=O) groups is 2. The number of rotatable bonds is 9. The molecule has 1 saturated carbocycles. The van der Waals surface area contributed by atoms with E-state index in [0.29, 0.717) is 39.7 Å². The Balaban J connectivity index is 0.000000234. The van der Waals surface area contributed by atoms with Gasteiger partial charge in [-0.05, 0) is 50.2 Å². The molecule has 3 fully saturated rings. The lowest BCUT2D eigenvalue weighted by Crippen LogP contribution is -2.46. The quantitative estimate of drug-likeness (QED) is 0.115. The van der Waals surface area contributed by atoms with Crippen molar-refractivity contribution in [3.8, 4) is 22.5 Å². The first-order valence-electron chi connectivity index (χ1n) is 20.5. The van der Waals surface area contributed by atoms with Gasteiger partial charge in [-0.15, -0.1) is 0 Å². The van der Waals surface area contributed by atoms with Gasteiger partial charge in [0, 0.05) is 76.6 Å². The number of benzene rings is 2. The van der Waals surface area contributed by atoms with Gasteiger partial charge in [0.05, 0.1) is 38.0 Å². The van der Waals surface area contributed by atoms with Crippen LogP contribution in [0.2, 0.25) is 20.1 Å². The summed E-state index contributed by atoms with van der Waals surface area (Å²) in [5, 5.41) is 14.1. The number of amides is 2. The SMILES string of the molecule is Cn1nc(-c2cccc(Cl)c2Cl)cc1N1CCCCCC1.Cn1nc(-c2cccc(Cl)c2Cl)cc1N1CCCN(C(=O)CNC(=O)[C@H](N=C(N)N)C2CCCCC2)CC1. The second-order valence-electron chi connectivity index (χ2n) is 15.5. The van der Waals surface area contributed by atoms with E-state index in [4.69, 9.17) is 57.9 Å². The van der Waals surface area contributed by atoms with Gasteiger partial charge in [-0.1, -0.05) is 103 Å². The number of carbonyl (C=O) groups excluding carboxylic acids is 2. The Morgan fingerprint density at radius 2 is 1.22 bits per heavy atom. The third-order valence-corrected chi connectivity index (χ3v) is 13.0. The number of aryl methyl sites for hydroxylation is 2. The van der Waals surface area contributed by atoms with Gasteiger partial charge in [0.2, 0.25) is 11.8 Å². The van der Waals surface area contributed by atoms with Gasteiger partial charge in [0.1, 0.15) is 17.7 Å². The number of guanidine groups is 1. The van der Waals surface area contributed by atoms with Crippen molar-refractivity contribution in [3.63, 3.8) is 0 Å². The number of hydrogen-bond acceptors (Lipinski definition) is 7. The molecular formula is C42H55Cl4N11O2. The van der Waals surface area contributed by atoms with Gasteiger partial charge in [-0.25, -0.2) is 4.99 Å². The zero-order chi connectivity index (χ0) is 42.1. The van der Waals surface area contributed by atoms with Crippen LogP contribution in [-0.4, -0.2) is 94.1 Å². The van der Waals surface area contributed by atoms with Crippen LogP contribution in [0, 0.1) is 5.92 Å². The molecule has 2 amide bonds. The maximum absolute atomic E-state index is 13.0. The highest BCUT2D eigenvalue weighted by Gasteiger charge is 2.30. The molecule has 13 nitrogen and oxygen atoms in total. The lowest BCUT2D eigenvalue weighted by molar-refractivity contribution is -0.133. The van der Waals surface area contributed by atoms with Gasteiger partial charge < -0.3 is 31.5 Å².